The fourth-order valence-electron chi connectivity index (χ4n) is 4.85. The summed E-state index contributed by atoms with van der Waals surface area (Å²) in [5, 5.41) is 10.1. The van der Waals surface area contributed by atoms with Crippen LogP contribution in [0.2, 0.25) is 0 Å². The number of benzene rings is 1. The lowest BCUT2D eigenvalue weighted by Gasteiger charge is -2.36. The zero-order valence-corrected chi connectivity index (χ0v) is 15.3. The van der Waals surface area contributed by atoms with Gasteiger partial charge in [-0.15, -0.1) is 0 Å². The Morgan fingerprint density at radius 3 is 2.80 bits per heavy atom. The second-order valence-electron chi connectivity index (χ2n) is 7.59. The fraction of sp³-hybridized carbons (Fsp3) is 0.526. The minimum Gasteiger partial charge on any atom is -0.348 e. The number of nitrogens with one attached hydrogen (secondary N) is 2. The Kier molecular flexibility index (Phi) is 4.23. The average Bonchev–Trinajstić information content (AvgIpc) is 3.31. The smallest absolute Gasteiger partial charge is 0.227 e. The molecule has 132 valence electrons. The van der Waals surface area contributed by atoms with Gasteiger partial charge in [-0.25, -0.2) is 0 Å². The van der Waals surface area contributed by atoms with Crippen molar-refractivity contribution in [2.75, 3.05) is 0 Å². The van der Waals surface area contributed by atoms with Crippen LogP contribution in [0.25, 0.3) is 0 Å². The number of H-pyrrole nitrogens is 1. The summed E-state index contributed by atoms with van der Waals surface area (Å²) in [6.07, 6.45) is 5.50. The van der Waals surface area contributed by atoms with Crippen molar-refractivity contribution >= 4 is 18.1 Å². The Hall–Kier alpha value is -1.95. The van der Waals surface area contributed by atoms with Crippen molar-refractivity contribution in [1.29, 1.82) is 0 Å². The zero-order valence-electron chi connectivity index (χ0n) is 14.5. The van der Waals surface area contributed by atoms with E-state index >= 15 is 0 Å². The topological polar surface area (TPSA) is 62.7 Å². The molecule has 2 fully saturated rings. The van der Waals surface area contributed by atoms with E-state index in [-0.39, 0.29) is 11.3 Å². The summed E-state index contributed by atoms with van der Waals surface area (Å²) in [7, 11) is 1.87. The Balaban J connectivity index is 1.55. The summed E-state index contributed by atoms with van der Waals surface area (Å²) < 4.78 is 2.38. The first-order valence-electron chi connectivity index (χ1n) is 9.01. The Morgan fingerprint density at radius 2 is 2.20 bits per heavy atom. The van der Waals surface area contributed by atoms with Crippen LogP contribution < -0.4 is 5.32 Å². The predicted octanol–water partition coefficient (Wildman–Crippen LogP) is 3.14. The van der Waals surface area contributed by atoms with Gasteiger partial charge >= 0.3 is 0 Å². The van der Waals surface area contributed by atoms with Crippen LogP contribution >= 0.6 is 12.2 Å². The summed E-state index contributed by atoms with van der Waals surface area (Å²) in [6, 6.07) is 10.4. The Labute approximate surface area is 152 Å². The molecule has 2 N–H and O–H groups in total. The molecule has 3 atom stereocenters. The third kappa shape index (κ3) is 2.92. The fourth-order valence-corrected chi connectivity index (χ4v) is 5.00. The normalized spacial score (nSPS) is 27.6. The van der Waals surface area contributed by atoms with Gasteiger partial charge in [0.25, 0.3) is 0 Å². The lowest BCUT2D eigenvalue weighted by Crippen LogP contribution is -2.46. The van der Waals surface area contributed by atoms with Crippen molar-refractivity contribution < 1.29 is 4.79 Å². The van der Waals surface area contributed by atoms with Crippen LogP contribution in [0.5, 0.6) is 0 Å². The molecular formula is C19H24N4OS. The maximum absolute atomic E-state index is 13.3. The van der Waals surface area contributed by atoms with Gasteiger partial charge in [0.2, 0.25) is 5.91 Å². The van der Waals surface area contributed by atoms with E-state index < -0.39 is 0 Å². The van der Waals surface area contributed by atoms with E-state index in [4.69, 9.17) is 12.2 Å². The van der Waals surface area contributed by atoms with Crippen LogP contribution in [-0.4, -0.2) is 20.7 Å². The molecule has 0 radical (unpaired) electrons. The number of hydrogen-bond donors (Lipinski definition) is 2. The molecule has 5 nitrogen and oxygen atoms in total. The molecule has 1 aromatic heterocycles. The zero-order chi connectivity index (χ0) is 17.4. The van der Waals surface area contributed by atoms with Gasteiger partial charge in [0.05, 0.1) is 12.0 Å². The highest BCUT2D eigenvalue weighted by atomic mass is 32.1. The minimum absolute atomic E-state index is 0.178. The molecule has 1 amide bonds. The van der Waals surface area contributed by atoms with Gasteiger partial charge in [0, 0.05) is 7.05 Å². The van der Waals surface area contributed by atoms with E-state index in [0.29, 0.717) is 23.2 Å². The number of carbonyl (C=O) groups excluding carboxylic acids is 1. The highest BCUT2D eigenvalue weighted by Gasteiger charge is 2.55. The Morgan fingerprint density at radius 1 is 1.40 bits per heavy atom. The molecule has 3 unspecified atom stereocenters. The van der Waals surface area contributed by atoms with Gasteiger partial charge in [0.15, 0.2) is 10.6 Å². The van der Waals surface area contributed by atoms with E-state index in [0.717, 1.165) is 18.7 Å². The van der Waals surface area contributed by atoms with E-state index in [1.54, 1.807) is 4.57 Å². The van der Waals surface area contributed by atoms with Gasteiger partial charge in [-0.1, -0.05) is 36.8 Å². The standard InChI is InChI=1S/C19H24N4OS/c1-23-16(21-22-18(23)25)12-20-17(24)19(10-13-5-3-2-4-6-13)11-14-7-8-15(19)9-14/h2-6,14-15H,7-12H2,1H3,(H,20,24)(H,22,25). The van der Waals surface area contributed by atoms with E-state index in [2.05, 4.69) is 39.8 Å². The lowest BCUT2D eigenvalue weighted by atomic mass is 9.68. The molecule has 2 bridgehead atoms. The van der Waals surface area contributed by atoms with E-state index in [1.165, 1.54) is 24.8 Å². The van der Waals surface area contributed by atoms with Gasteiger partial charge in [0.1, 0.15) is 0 Å². The minimum atomic E-state index is -0.268. The van der Waals surface area contributed by atoms with Crippen LogP contribution in [0.4, 0.5) is 0 Å². The third-order valence-corrected chi connectivity index (χ3v) is 6.53. The monoisotopic (exact) mass is 356 g/mol. The number of hydrogen-bond acceptors (Lipinski definition) is 3. The van der Waals surface area contributed by atoms with Gasteiger partial charge in [-0.3, -0.25) is 9.89 Å². The first-order chi connectivity index (χ1) is 12.1. The molecule has 0 saturated heterocycles. The first kappa shape index (κ1) is 16.5. The number of aromatic nitrogens is 3. The summed E-state index contributed by atoms with van der Waals surface area (Å²) in [6.45, 7) is 0.413. The van der Waals surface area contributed by atoms with Gasteiger partial charge in [-0.05, 0) is 55.3 Å². The highest BCUT2D eigenvalue weighted by Crippen LogP contribution is 2.57. The predicted molar refractivity (Wildman–Crippen MR) is 98.3 cm³/mol. The van der Waals surface area contributed by atoms with Crippen molar-refractivity contribution in [2.24, 2.45) is 24.3 Å². The maximum atomic E-state index is 13.3. The molecule has 0 spiro atoms. The van der Waals surface area contributed by atoms with Gasteiger partial charge in [-0.2, -0.15) is 5.10 Å². The number of rotatable bonds is 5. The molecule has 25 heavy (non-hydrogen) atoms. The van der Waals surface area contributed by atoms with Crippen LogP contribution in [0, 0.1) is 22.0 Å². The molecule has 4 rings (SSSR count). The van der Waals surface area contributed by atoms with Gasteiger partial charge < -0.3 is 9.88 Å². The van der Waals surface area contributed by atoms with E-state index in [1.807, 2.05) is 13.1 Å². The molecule has 0 aliphatic heterocycles. The van der Waals surface area contributed by atoms with Crippen LogP contribution in [0.1, 0.15) is 37.1 Å². The molecule has 1 heterocycles. The number of carbonyl (C=O) groups is 1. The number of amides is 1. The largest absolute Gasteiger partial charge is 0.348 e. The molecule has 1 aromatic carbocycles. The number of nitrogens with zero attached hydrogens (tertiary/aromatic N) is 2. The highest BCUT2D eigenvalue weighted by molar-refractivity contribution is 7.71. The first-order valence-corrected chi connectivity index (χ1v) is 9.42. The molecule has 6 heteroatoms. The van der Waals surface area contributed by atoms with Crippen LogP contribution in [-0.2, 0) is 24.8 Å². The molecular weight excluding hydrogens is 332 g/mol. The second kappa shape index (κ2) is 6.41. The summed E-state index contributed by atoms with van der Waals surface area (Å²) in [5.41, 5.74) is 0.985. The molecule has 2 aliphatic carbocycles. The van der Waals surface area contributed by atoms with Crippen molar-refractivity contribution in [3.8, 4) is 0 Å². The molecule has 2 aromatic rings. The second-order valence-corrected chi connectivity index (χ2v) is 7.97. The molecule has 2 saturated carbocycles. The SMILES string of the molecule is Cn1c(CNC(=O)C2(Cc3ccccc3)CC3CCC2C3)n[nH]c1=S. The quantitative estimate of drug-likeness (QED) is 0.809. The Bertz CT molecular complexity index is 827. The van der Waals surface area contributed by atoms with Crippen LogP contribution in [0.15, 0.2) is 30.3 Å². The molecule has 2 aliphatic rings. The van der Waals surface area contributed by atoms with Crippen molar-refractivity contribution in [1.82, 2.24) is 20.1 Å². The number of aromatic amines is 1. The van der Waals surface area contributed by atoms with Crippen molar-refractivity contribution in [2.45, 2.75) is 38.6 Å². The van der Waals surface area contributed by atoms with Crippen molar-refractivity contribution in [3.05, 3.63) is 46.5 Å². The van der Waals surface area contributed by atoms with Crippen LogP contribution in [0.3, 0.4) is 0 Å². The average molecular weight is 356 g/mol. The number of fused-ring (bicyclic) bond motifs is 2. The third-order valence-electron chi connectivity index (χ3n) is 6.17. The van der Waals surface area contributed by atoms with Crippen molar-refractivity contribution in [3.63, 3.8) is 0 Å². The summed E-state index contributed by atoms with van der Waals surface area (Å²) in [4.78, 5) is 13.3. The summed E-state index contributed by atoms with van der Waals surface area (Å²) in [5.74, 6) is 2.15. The maximum Gasteiger partial charge on any atom is 0.227 e. The lowest BCUT2D eigenvalue weighted by molar-refractivity contribution is -0.134. The summed E-state index contributed by atoms with van der Waals surface area (Å²) >= 11 is 5.15. The van der Waals surface area contributed by atoms with E-state index in [9.17, 15) is 4.79 Å².